The van der Waals surface area contributed by atoms with E-state index in [1.54, 1.807) is 0 Å². The van der Waals surface area contributed by atoms with Crippen LogP contribution < -0.4 is 5.32 Å². The van der Waals surface area contributed by atoms with Crippen molar-refractivity contribution in [2.45, 2.75) is 57.7 Å². The Morgan fingerprint density at radius 3 is 2.50 bits per heavy atom. The van der Waals surface area contributed by atoms with Gasteiger partial charge in [-0.3, -0.25) is 4.79 Å². The molecule has 1 aromatic heterocycles. The highest BCUT2D eigenvalue weighted by atomic mass is 32.2. The van der Waals surface area contributed by atoms with Crippen LogP contribution in [0.2, 0.25) is 0 Å². The van der Waals surface area contributed by atoms with Gasteiger partial charge in [0.1, 0.15) is 5.82 Å². The minimum Gasteiger partial charge on any atom is -0.325 e. The zero-order valence-electron chi connectivity index (χ0n) is 14.7. The second kappa shape index (κ2) is 6.97. The number of thioether (sulfide) groups is 1. The van der Waals surface area contributed by atoms with Crippen molar-refractivity contribution in [3.63, 3.8) is 0 Å². The van der Waals surface area contributed by atoms with E-state index in [2.05, 4.69) is 40.0 Å². The Morgan fingerprint density at radius 2 is 1.92 bits per heavy atom. The summed E-state index contributed by atoms with van der Waals surface area (Å²) in [6.45, 7) is 8.33. The number of carbonyl (C=O) groups is 1. The number of hydrogen-bond donors (Lipinski definition) is 1. The molecule has 0 atom stereocenters. The van der Waals surface area contributed by atoms with E-state index < -0.39 is 0 Å². The highest BCUT2D eigenvalue weighted by molar-refractivity contribution is 7.99. The van der Waals surface area contributed by atoms with E-state index in [1.165, 1.54) is 24.6 Å². The quantitative estimate of drug-likeness (QED) is 0.802. The molecule has 1 N–H and O–H groups in total. The number of benzene rings is 1. The van der Waals surface area contributed by atoms with Crippen LogP contribution in [-0.4, -0.2) is 26.4 Å². The van der Waals surface area contributed by atoms with Crippen molar-refractivity contribution in [3.8, 4) is 0 Å². The summed E-state index contributed by atoms with van der Waals surface area (Å²) in [5.41, 5.74) is 3.14. The first-order valence-electron chi connectivity index (χ1n) is 8.40. The number of aromatic nitrogens is 3. The van der Waals surface area contributed by atoms with Gasteiger partial charge in [0, 0.05) is 17.6 Å². The number of nitrogens with zero attached hydrogens (tertiary/aromatic N) is 3. The molecule has 6 heteroatoms. The highest BCUT2D eigenvalue weighted by Gasteiger charge is 2.31. The van der Waals surface area contributed by atoms with E-state index >= 15 is 0 Å². The third-order valence-electron chi connectivity index (χ3n) is 3.99. The van der Waals surface area contributed by atoms with Crippen LogP contribution in [-0.2, 0) is 4.79 Å². The van der Waals surface area contributed by atoms with Crippen LogP contribution in [0.15, 0.2) is 23.4 Å². The van der Waals surface area contributed by atoms with E-state index in [0.717, 1.165) is 27.8 Å². The van der Waals surface area contributed by atoms with E-state index in [0.29, 0.717) is 17.7 Å². The van der Waals surface area contributed by atoms with Crippen molar-refractivity contribution in [3.05, 3.63) is 35.2 Å². The first-order valence-corrected chi connectivity index (χ1v) is 9.38. The molecule has 2 aromatic rings. The molecule has 1 aliphatic carbocycles. The molecule has 1 heterocycles. The van der Waals surface area contributed by atoms with E-state index in [1.807, 2.05) is 26.0 Å². The fraction of sp³-hybridized carbons (Fsp3) is 0.500. The van der Waals surface area contributed by atoms with Gasteiger partial charge in [-0.2, -0.15) is 0 Å². The Labute approximate surface area is 147 Å². The zero-order valence-corrected chi connectivity index (χ0v) is 15.5. The molecular weight excluding hydrogens is 320 g/mol. The standard InChI is InChI=1S/C18H24N4OS/c1-11(2)22-17(14-5-6-14)20-21-18(22)24-10-16(23)19-15-8-12(3)7-13(4)9-15/h7-9,11,14H,5-6,10H2,1-4H3,(H,19,23). The number of hydrogen-bond acceptors (Lipinski definition) is 4. The Morgan fingerprint density at radius 1 is 1.25 bits per heavy atom. The summed E-state index contributed by atoms with van der Waals surface area (Å²) in [6, 6.07) is 6.37. The lowest BCUT2D eigenvalue weighted by Crippen LogP contribution is -2.15. The van der Waals surface area contributed by atoms with Gasteiger partial charge in [0.05, 0.1) is 5.75 Å². The summed E-state index contributed by atoms with van der Waals surface area (Å²) in [7, 11) is 0. The average molecular weight is 344 g/mol. The Balaban J connectivity index is 1.64. The van der Waals surface area contributed by atoms with Gasteiger partial charge < -0.3 is 9.88 Å². The molecule has 0 saturated heterocycles. The number of rotatable bonds is 6. The number of nitrogens with one attached hydrogen (secondary N) is 1. The zero-order chi connectivity index (χ0) is 17.3. The van der Waals surface area contributed by atoms with Crippen LogP contribution in [0.1, 0.15) is 55.6 Å². The first-order chi connectivity index (χ1) is 11.4. The normalized spacial score (nSPS) is 14.2. The monoisotopic (exact) mass is 344 g/mol. The Bertz CT molecular complexity index is 729. The molecule has 1 saturated carbocycles. The SMILES string of the molecule is Cc1cc(C)cc(NC(=O)CSc2nnc(C3CC3)n2C(C)C)c1. The molecule has 1 aliphatic rings. The van der Waals surface area contributed by atoms with Gasteiger partial charge in [-0.25, -0.2) is 0 Å². The molecule has 1 amide bonds. The summed E-state index contributed by atoms with van der Waals surface area (Å²) in [4.78, 5) is 12.3. The van der Waals surface area contributed by atoms with Gasteiger partial charge in [0.15, 0.2) is 5.16 Å². The Kier molecular flexibility index (Phi) is 4.94. The molecular formula is C18H24N4OS. The third-order valence-corrected chi connectivity index (χ3v) is 4.93. The largest absolute Gasteiger partial charge is 0.325 e. The van der Waals surface area contributed by atoms with Crippen LogP contribution in [0.3, 0.4) is 0 Å². The van der Waals surface area contributed by atoms with Gasteiger partial charge in [0.25, 0.3) is 0 Å². The maximum atomic E-state index is 12.3. The molecule has 3 rings (SSSR count). The van der Waals surface area contributed by atoms with Gasteiger partial charge in [0.2, 0.25) is 5.91 Å². The summed E-state index contributed by atoms with van der Waals surface area (Å²) >= 11 is 1.45. The van der Waals surface area contributed by atoms with Crippen molar-refractivity contribution in [2.24, 2.45) is 0 Å². The number of anilines is 1. The molecule has 0 unspecified atom stereocenters. The fourth-order valence-electron chi connectivity index (χ4n) is 2.87. The molecule has 1 fully saturated rings. The lowest BCUT2D eigenvalue weighted by atomic mass is 10.1. The molecule has 1 aromatic carbocycles. The van der Waals surface area contributed by atoms with Crippen LogP contribution in [0.4, 0.5) is 5.69 Å². The van der Waals surface area contributed by atoms with Gasteiger partial charge in [-0.15, -0.1) is 10.2 Å². The second-order valence-corrected chi connectivity index (χ2v) is 7.73. The summed E-state index contributed by atoms with van der Waals surface area (Å²) in [5.74, 6) is 1.94. The van der Waals surface area contributed by atoms with Crippen molar-refractivity contribution in [1.82, 2.24) is 14.8 Å². The maximum Gasteiger partial charge on any atom is 0.234 e. The smallest absolute Gasteiger partial charge is 0.234 e. The molecule has 0 aliphatic heterocycles. The van der Waals surface area contributed by atoms with E-state index in [4.69, 9.17) is 0 Å². The minimum atomic E-state index is -0.0173. The summed E-state index contributed by atoms with van der Waals surface area (Å²) < 4.78 is 2.17. The lowest BCUT2D eigenvalue weighted by molar-refractivity contribution is -0.113. The number of aryl methyl sites for hydroxylation is 2. The topological polar surface area (TPSA) is 59.8 Å². The molecule has 128 valence electrons. The summed E-state index contributed by atoms with van der Waals surface area (Å²) in [6.07, 6.45) is 2.39. The molecule has 0 spiro atoms. The molecule has 24 heavy (non-hydrogen) atoms. The van der Waals surface area contributed by atoms with Gasteiger partial charge in [-0.1, -0.05) is 17.8 Å². The summed E-state index contributed by atoms with van der Waals surface area (Å²) in [5, 5.41) is 12.4. The van der Waals surface area contributed by atoms with Gasteiger partial charge in [-0.05, 0) is 63.8 Å². The number of amides is 1. The van der Waals surface area contributed by atoms with E-state index in [9.17, 15) is 4.79 Å². The first kappa shape index (κ1) is 17.0. The average Bonchev–Trinajstić information content (AvgIpc) is 3.23. The van der Waals surface area contributed by atoms with Gasteiger partial charge >= 0.3 is 0 Å². The molecule has 0 radical (unpaired) electrons. The van der Waals surface area contributed by atoms with Crippen LogP contribution in [0.5, 0.6) is 0 Å². The van der Waals surface area contributed by atoms with Crippen molar-refractivity contribution in [2.75, 3.05) is 11.1 Å². The lowest BCUT2D eigenvalue weighted by Gasteiger charge is -2.13. The van der Waals surface area contributed by atoms with E-state index in [-0.39, 0.29) is 5.91 Å². The minimum absolute atomic E-state index is 0.0173. The highest BCUT2D eigenvalue weighted by Crippen LogP contribution is 2.41. The predicted molar refractivity (Wildman–Crippen MR) is 97.7 cm³/mol. The maximum absolute atomic E-state index is 12.3. The van der Waals surface area contributed by atoms with Crippen molar-refractivity contribution < 1.29 is 4.79 Å². The van der Waals surface area contributed by atoms with Crippen LogP contribution >= 0.6 is 11.8 Å². The Hall–Kier alpha value is -1.82. The molecule has 0 bridgehead atoms. The predicted octanol–water partition coefficient (Wildman–Crippen LogP) is 4.08. The van der Waals surface area contributed by atoms with Crippen LogP contribution in [0, 0.1) is 13.8 Å². The number of carbonyl (C=O) groups excluding carboxylic acids is 1. The second-order valence-electron chi connectivity index (χ2n) is 6.79. The fourth-order valence-corrected chi connectivity index (χ4v) is 3.74. The molecule has 5 nitrogen and oxygen atoms in total. The van der Waals surface area contributed by atoms with Crippen molar-refractivity contribution in [1.29, 1.82) is 0 Å². The third kappa shape index (κ3) is 3.98. The van der Waals surface area contributed by atoms with Crippen LogP contribution in [0.25, 0.3) is 0 Å². The van der Waals surface area contributed by atoms with Crippen molar-refractivity contribution >= 4 is 23.4 Å².